The number of pyridine rings is 4. The number of rotatable bonds is 6. The number of aryl methyl sites for hydroxylation is 1. The predicted molar refractivity (Wildman–Crippen MR) is 161 cm³/mol. The fourth-order valence-corrected chi connectivity index (χ4v) is 5.08. The normalized spacial score (nSPS) is 11.4. The summed E-state index contributed by atoms with van der Waals surface area (Å²) in [6.45, 7) is 2.06. The molecule has 0 atom stereocenters. The second-order valence-electron chi connectivity index (χ2n) is 9.64. The molecule has 2 aromatic carbocycles. The zero-order valence-corrected chi connectivity index (χ0v) is 23.0. The van der Waals surface area contributed by atoms with Crippen LogP contribution in [0.5, 0.6) is 0 Å². The van der Waals surface area contributed by atoms with Crippen LogP contribution in [-0.4, -0.2) is 29.7 Å². The van der Waals surface area contributed by atoms with E-state index in [9.17, 15) is 14.4 Å². The fourth-order valence-electron chi connectivity index (χ4n) is 4.54. The van der Waals surface area contributed by atoms with Crippen molar-refractivity contribution < 1.29 is 14.4 Å². The van der Waals surface area contributed by atoms with Gasteiger partial charge < -0.3 is 9.79 Å². The lowest BCUT2D eigenvalue weighted by molar-refractivity contribution is 0.387. The van der Waals surface area contributed by atoms with Crippen molar-refractivity contribution in [2.75, 3.05) is 0 Å². The van der Waals surface area contributed by atoms with Gasteiger partial charge in [-0.1, -0.05) is 54.1 Å². The Morgan fingerprint density at radius 2 is 0.927 bits per heavy atom. The van der Waals surface area contributed by atoms with Crippen LogP contribution in [-0.2, 0) is 4.57 Å². The molecule has 0 aliphatic rings. The zero-order chi connectivity index (χ0) is 28.4. The third kappa shape index (κ3) is 5.88. The van der Waals surface area contributed by atoms with Gasteiger partial charge in [-0.15, -0.1) is 0 Å². The van der Waals surface area contributed by atoms with E-state index in [0.29, 0.717) is 22.8 Å². The molecular formula is C33H25N4O3P. The first kappa shape index (κ1) is 26.4. The summed E-state index contributed by atoms with van der Waals surface area (Å²) in [6.07, 6.45) is 3.46. The van der Waals surface area contributed by atoms with Crippen molar-refractivity contribution in [2.45, 2.75) is 6.92 Å². The lowest BCUT2D eigenvalue weighted by Crippen LogP contribution is -2.02. The average Bonchev–Trinajstić information content (AvgIpc) is 3.01. The van der Waals surface area contributed by atoms with E-state index in [1.165, 1.54) is 17.7 Å². The van der Waals surface area contributed by atoms with Crippen LogP contribution in [0.2, 0.25) is 0 Å². The topological polar surface area (TPSA) is 109 Å². The maximum Gasteiger partial charge on any atom is 0.356 e. The van der Waals surface area contributed by atoms with Crippen LogP contribution in [0.3, 0.4) is 0 Å². The quantitative estimate of drug-likeness (QED) is 0.219. The Balaban J connectivity index is 1.55. The lowest BCUT2D eigenvalue weighted by Gasteiger charge is -2.13. The molecule has 2 N–H and O–H groups in total. The predicted octanol–water partition coefficient (Wildman–Crippen LogP) is 6.71. The molecule has 0 aliphatic carbocycles. The number of hydrogen-bond acceptors (Lipinski definition) is 5. The van der Waals surface area contributed by atoms with Gasteiger partial charge in [0.1, 0.15) is 0 Å². The first-order valence-corrected chi connectivity index (χ1v) is 14.6. The standard InChI is InChI=1S/C33H25N4O3P/c1-22-8-10-23(11-9-22)25-18-30(28-6-2-4-16-34-28)36-32(20-25)33-21-26(19-31(37-33)29-7-3-5-17-35-29)24-12-14-27(15-13-24)41(38,39)40/h2-21H,1H3,(H2,38,39,40). The molecule has 0 saturated carbocycles. The number of aromatic nitrogens is 4. The first-order chi connectivity index (χ1) is 19.8. The average molecular weight is 557 g/mol. The van der Waals surface area contributed by atoms with Gasteiger partial charge in [-0.25, -0.2) is 9.97 Å². The third-order valence-electron chi connectivity index (χ3n) is 6.69. The highest BCUT2D eigenvalue weighted by atomic mass is 31.2. The van der Waals surface area contributed by atoms with E-state index in [0.717, 1.165) is 33.6 Å². The highest BCUT2D eigenvalue weighted by Crippen LogP contribution is 2.35. The van der Waals surface area contributed by atoms with Crippen LogP contribution < -0.4 is 5.30 Å². The monoisotopic (exact) mass is 556 g/mol. The molecule has 7 nitrogen and oxygen atoms in total. The van der Waals surface area contributed by atoms with E-state index in [1.54, 1.807) is 24.5 Å². The summed E-state index contributed by atoms with van der Waals surface area (Å²) in [5, 5.41) is -0.0343. The minimum atomic E-state index is -4.36. The van der Waals surface area contributed by atoms with E-state index in [1.807, 2.05) is 60.7 Å². The van der Waals surface area contributed by atoms with Gasteiger partial charge in [-0.2, -0.15) is 0 Å². The Hall–Kier alpha value is -4.81. The van der Waals surface area contributed by atoms with Crippen molar-refractivity contribution in [3.05, 3.63) is 127 Å². The van der Waals surface area contributed by atoms with Crippen molar-refractivity contribution in [3.8, 4) is 56.4 Å². The van der Waals surface area contributed by atoms with Crippen LogP contribution >= 0.6 is 7.60 Å². The molecule has 8 heteroatoms. The Morgan fingerprint density at radius 1 is 0.512 bits per heavy atom. The molecule has 0 aliphatic heterocycles. The van der Waals surface area contributed by atoms with Crippen molar-refractivity contribution in [2.24, 2.45) is 0 Å². The molecule has 0 spiro atoms. The molecule has 0 saturated heterocycles. The van der Waals surface area contributed by atoms with Gasteiger partial charge in [-0.05, 0) is 89.8 Å². The van der Waals surface area contributed by atoms with Crippen LogP contribution in [0.25, 0.3) is 56.4 Å². The van der Waals surface area contributed by atoms with Crippen molar-refractivity contribution in [1.29, 1.82) is 0 Å². The van der Waals surface area contributed by atoms with Gasteiger partial charge in [0.05, 0.1) is 39.5 Å². The Morgan fingerprint density at radius 3 is 1.32 bits per heavy atom. The van der Waals surface area contributed by atoms with Crippen LogP contribution in [0.15, 0.2) is 122 Å². The molecule has 0 amide bonds. The summed E-state index contributed by atoms with van der Waals surface area (Å²) in [5.74, 6) is 0. The summed E-state index contributed by atoms with van der Waals surface area (Å²) in [5.41, 5.74) is 8.90. The van der Waals surface area contributed by atoms with Crippen molar-refractivity contribution >= 4 is 12.9 Å². The van der Waals surface area contributed by atoms with Crippen molar-refractivity contribution in [3.63, 3.8) is 0 Å². The van der Waals surface area contributed by atoms with Crippen LogP contribution in [0.1, 0.15) is 5.56 Å². The zero-order valence-electron chi connectivity index (χ0n) is 22.1. The SMILES string of the molecule is Cc1ccc(-c2cc(-c3ccccn3)nc(-c3cc(-c4ccc(P(=O)(O)O)cc4)cc(-c4ccccn4)n3)c2)cc1. The highest BCUT2D eigenvalue weighted by Gasteiger charge is 2.18. The van der Waals surface area contributed by atoms with Crippen LogP contribution in [0.4, 0.5) is 0 Å². The maximum absolute atomic E-state index is 11.7. The summed E-state index contributed by atoms with van der Waals surface area (Å²) < 4.78 is 11.7. The van der Waals surface area contributed by atoms with E-state index in [2.05, 4.69) is 41.2 Å². The smallest absolute Gasteiger partial charge is 0.321 e. The van der Waals surface area contributed by atoms with E-state index in [-0.39, 0.29) is 5.30 Å². The summed E-state index contributed by atoms with van der Waals surface area (Å²) in [7, 11) is -4.36. The molecule has 6 aromatic rings. The molecule has 6 rings (SSSR count). The summed E-state index contributed by atoms with van der Waals surface area (Å²) in [4.78, 5) is 38.1. The number of benzene rings is 2. The van der Waals surface area contributed by atoms with Gasteiger partial charge in [0.15, 0.2) is 0 Å². The Labute approximate surface area is 237 Å². The molecule has 4 aromatic heterocycles. The third-order valence-corrected chi connectivity index (χ3v) is 7.66. The lowest BCUT2D eigenvalue weighted by atomic mass is 9.99. The summed E-state index contributed by atoms with van der Waals surface area (Å²) in [6, 6.07) is 33.9. The molecule has 0 bridgehead atoms. The van der Waals surface area contributed by atoms with Gasteiger partial charge in [0, 0.05) is 12.4 Å². The van der Waals surface area contributed by atoms with E-state index >= 15 is 0 Å². The molecule has 0 fully saturated rings. The van der Waals surface area contributed by atoms with E-state index < -0.39 is 7.60 Å². The molecule has 4 heterocycles. The Bertz CT molecular complexity index is 1870. The second kappa shape index (κ2) is 11.0. The van der Waals surface area contributed by atoms with Crippen molar-refractivity contribution in [1.82, 2.24) is 19.9 Å². The molecular weight excluding hydrogens is 531 g/mol. The van der Waals surface area contributed by atoms with Gasteiger partial charge in [-0.3, -0.25) is 14.5 Å². The first-order valence-electron chi connectivity index (χ1n) is 12.9. The minimum Gasteiger partial charge on any atom is -0.321 e. The van der Waals surface area contributed by atoms with Crippen LogP contribution in [0, 0.1) is 6.92 Å². The highest BCUT2D eigenvalue weighted by molar-refractivity contribution is 7.60. The fraction of sp³-hybridized carbons (Fsp3) is 0.0303. The number of hydrogen-bond donors (Lipinski definition) is 2. The second-order valence-corrected chi connectivity index (χ2v) is 11.2. The summed E-state index contributed by atoms with van der Waals surface area (Å²) >= 11 is 0. The van der Waals surface area contributed by atoms with Gasteiger partial charge >= 0.3 is 7.60 Å². The maximum atomic E-state index is 11.7. The molecule has 41 heavy (non-hydrogen) atoms. The molecule has 200 valence electrons. The largest absolute Gasteiger partial charge is 0.356 e. The van der Waals surface area contributed by atoms with E-state index in [4.69, 9.17) is 9.97 Å². The van der Waals surface area contributed by atoms with Gasteiger partial charge in [0.25, 0.3) is 0 Å². The molecule has 0 unspecified atom stereocenters. The number of nitrogens with zero attached hydrogens (tertiary/aromatic N) is 4. The minimum absolute atomic E-state index is 0.0343. The Kier molecular flexibility index (Phi) is 7.08. The molecule has 0 radical (unpaired) electrons. The van der Waals surface area contributed by atoms with Gasteiger partial charge in [0.2, 0.25) is 0 Å².